The Morgan fingerprint density at radius 3 is 2.66 bits per heavy atom. The van der Waals surface area contributed by atoms with Crippen molar-refractivity contribution in [2.24, 2.45) is 34.5 Å². The third-order valence-corrected chi connectivity index (χ3v) is 8.92. The Morgan fingerprint density at radius 1 is 1.38 bits per heavy atom. The molecule has 184 valence electrons. The van der Waals surface area contributed by atoms with Crippen molar-refractivity contribution in [2.75, 3.05) is 6.61 Å². The second-order valence-electron chi connectivity index (χ2n) is 11.8. The fourth-order valence-electron chi connectivity index (χ4n) is 6.43. The van der Waals surface area contributed by atoms with E-state index in [4.69, 9.17) is 4.74 Å². The van der Waals surface area contributed by atoms with Gasteiger partial charge in [0, 0.05) is 5.92 Å². The Kier molecular flexibility index (Phi) is 10.1. The number of fused-ring (bicyclic) bond motifs is 1. The summed E-state index contributed by atoms with van der Waals surface area (Å²) in [6.45, 7) is 17.0. The van der Waals surface area contributed by atoms with Gasteiger partial charge in [0.25, 0.3) is 0 Å². The molecular weight excluding hydrogens is 464 g/mol. The van der Waals surface area contributed by atoms with Crippen LogP contribution in [0, 0.1) is 34.5 Å². The lowest BCUT2D eigenvalue weighted by Gasteiger charge is -2.44. The molecule has 0 saturated heterocycles. The molecule has 0 aliphatic heterocycles. The first kappa shape index (κ1) is 27.6. The van der Waals surface area contributed by atoms with Gasteiger partial charge in [-0.1, -0.05) is 61.7 Å². The molecule has 4 heteroatoms. The molecule has 2 fully saturated rings. The highest BCUT2D eigenvalue weighted by atomic mass is 79.9. The molecule has 2 saturated carbocycles. The number of esters is 1. The summed E-state index contributed by atoms with van der Waals surface area (Å²) in [5.74, 6) is 1.56. The van der Waals surface area contributed by atoms with Crippen LogP contribution in [0.1, 0.15) is 99.3 Å². The van der Waals surface area contributed by atoms with E-state index in [9.17, 15) is 9.90 Å². The van der Waals surface area contributed by atoms with Crippen LogP contribution >= 0.6 is 15.9 Å². The maximum absolute atomic E-state index is 12.2. The molecule has 32 heavy (non-hydrogen) atoms. The normalized spacial score (nSPS) is 29.9. The van der Waals surface area contributed by atoms with Gasteiger partial charge in [-0.2, -0.15) is 0 Å². The van der Waals surface area contributed by atoms with E-state index in [1.54, 1.807) is 5.57 Å². The predicted octanol–water partition coefficient (Wildman–Crippen LogP) is 7.82. The number of carbonyl (C=O) groups is 1. The van der Waals surface area contributed by atoms with Gasteiger partial charge >= 0.3 is 5.97 Å². The fraction of sp³-hybridized carbons (Fsp3) is 0.821. The lowest BCUT2D eigenvalue weighted by molar-refractivity contribution is -0.152. The lowest BCUT2D eigenvalue weighted by atomic mass is 9.61. The summed E-state index contributed by atoms with van der Waals surface area (Å²) < 4.78 is 5.53. The van der Waals surface area contributed by atoms with Crippen LogP contribution in [-0.4, -0.2) is 23.8 Å². The number of aliphatic hydroxyl groups excluding tert-OH is 1. The Labute approximate surface area is 205 Å². The van der Waals surface area contributed by atoms with Crippen LogP contribution in [0.25, 0.3) is 0 Å². The van der Waals surface area contributed by atoms with Crippen LogP contribution in [0.3, 0.4) is 0 Å². The van der Waals surface area contributed by atoms with E-state index < -0.39 is 11.5 Å². The van der Waals surface area contributed by atoms with Crippen molar-refractivity contribution < 1.29 is 14.6 Å². The molecule has 3 nitrogen and oxygen atoms in total. The van der Waals surface area contributed by atoms with E-state index >= 15 is 0 Å². The Balaban J connectivity index is 2.04. The maximum Gasteiger partial charge on any atom is 0.311 e. The monoisotopic (exact) mass is 510 g/mol. The standard InChI is InChI=1S/C28H47BrO3/c1-8-9-12-22(20(3)18-32-26(31)27(4,5)6)25(30)16-19(2)23-13-14-24-21(17-29)11-10-15-28(23,24)7/h17,19,22-25,30H,3,8-16,18H2,1-2,4-7H3/b21-17+/t19-,22+,23-,24+,25-,28-/m1/s1. The van der Waals surface area contributed by atoms with Crippen molar-refractivity contribution in [2.45, 2.75) is 105 Å². The Bertz CT molecular complexity index is 677. The summed E-state index contributed by atoms with van der Waals surface area (Å²) >= 11 is 3.62. The first-order valence-corrected chi connectivity index (χ1v) is 13.7. The predicted molar refractivity (Wildman–Crippen MR) is 138 cm³/mol. The van der Waals surface area contributed by atoms with Gasteiger partial charge in [0.05, 0.1) is 11.5 Å². The minimum atomic E-state index is -0.525. The zero-order chi connectivity index (χ0) is 24.1. The Morgan fingerprint density at radius 2 is 2.06 bits per heavy atom. The third-order valence-electron chi connectivity index (χ3n) is 8.34. The number of aliphatic hydroxyl groups is 1. The molecule has 0 amide bonds. The highest BCUT2D eigenvalue weighted by Gasteiger charge is 2.51. The van der Waals surface area contributed by atoms with Crippen molar-refractivity contribution in [3.05, 3.63) is 22.7 Å². The number of halogens is 1. The zero-order valence-corrected chi connectivity index (χ0v) is 23.0. The summed E-state index contributed by atoms with van der Waals surface area (Å²) in [5, 5.41) is 11.3. The lowest BCUT2D eigenvalue weighted by Crippen LogP contribution is -2.37. The topological polar surface area (TPSA) is 46.5 Å². The number of allylic oxidation sites excluding steroid dienone is 1. The molecule has 0 aromatic carbocycles. The van der Waals surface area contributed by atoms with Crippen LogP contribution in [-0.2, 0) is 9.53 Å². The minimum absolute atomic E-state index is 0.0143. The second kappa shape index (κ2) is 11.7. The Hall–Kier alpha value is -0.610. The van der Waals surface area contributed by atoms with Crippen LogP contribution in [0.5, 0.6) is 0 Å². The van der Waals surface area contributed by atoms with Gasteiger partial charge in [0.1, 0.15) is 6.61 Å². The SMILES string of the molecule is C=C(COC(=O)C(C)(C)C)[C@H](CCCC)[C@H](O)C[C@@H](C)[C@H]1CC[C@H]2/C(=C/Br)CCC[C@]12C. The highest BCUT2D eigenvalue weighted by Crippen LogP contribution is 2.60. The molecule has 0 unspecified atom stereocenters. The summed E-state index contributed by atoms with van der Waals surface area (Å²) in [6.07, 6.45) is 9.70. The van der Waals surface area contributed by atoms with E-state index in [1.165, 1.54) is 32.1 Å². The molecule has 0 bridgehead atoms. The summed E-state index contributed by atoms with van der Waals surface area (Å²) in [6, 6.07) is 0. The van der Waals surface area contributed by atoms with Crippen molar-refractivity contribution in [3.8, 4) is 0 Å². The molecular formula is C28H47BrO3. The number of hydrogen-bond acceptors (Lipinski definition) is 3. The van der Waals surface area contributed by atoms with E-state index in [0.29, 0.717) is 23.2 Å². The smallest absolute Gasteiger partial charge is 0.311 e. The van der Waals surface area contributed by atoms with Gasteiger partial charge in [-0.3, -0.25) is 4.79 Å². The summed E-state index contributed by atoms with van der Waals surface area (Å²) in [7, 11) is 0. The molecule has 1 N–H and O–H groups in total. The van der Waals surface area contributed by atoms with Crippen molar-refractivity contribution in [3.63, 3.8) is 0 Å². The highest BCUT2D eigenvalue weighted by molar-refractivity contribution is 9.11. The van der Waals surface area contributed by atoms with Gasteiger partial charge < -0.3 is 9.84 Å². The van der Waals surface area contributed by atoms with Crippen LogP contribution in [0.15, 0.2) is 22.7 Å². The maximum atomic E-state index is 12.2. The molecule has 0 aromatic heterocycles. The molecule has 0 radical (unpaired) electrons. The average molecular weight is 512 g/mol. The number of carbonyl (C=O) groups excluding carboxylic acids is 1. The van der Waals surface area contributed by atoms with E-state index in [2.05, 4.69) is 48.3 Å². The van der Waals surface area contributed by atoms with Gasteiger partial charge in [-0.05, 0) is 99.4 Å². The van der Waals surface area contributed by atoms with Crippen LogP contribution in [0.4, 0.5) is 0 Å². The largest absolute Gasteiger partial charge is 0.461 e. The first-order chi connectivity index (χ1) is 15.0. The van der Waals surface area contributed by atoms with E-state index in [-0.39, 0.29) is 18.5 Å². The quantitative estimate of drug-likeness (QED) is 0.240. The first-order valence-electron chi connectivity index (χ1n) is 12.8. The molecule has 6 atom stereocenters. The number of hydrogen-bond donors (Lipinski definition) is 1. The molecule has 2 aliphatic rings. The van der Waals surface area contributed by atoms with Gasteiger partial charge in [0.15, 0.2) is 0 Å². The molecule has 0 heterocycles. The van der Waals surface area contributed by atoms with Crippen molar-refractivity contribution in [1.82, 2.24) is 0 Å². The zero-order valence-electron chi connectivity index (χ0n) is 21.4. The van der Waals surface area contributed by atoms with Crippen LogP contribution < -0.4 is 0 Å². The van der Waals surface area contributed by atoms with Gasteiger partial charge in [-0.15, -0.1) is 0 Å². The summed E-state index contributed by atoms with van der Waals surface area (Å²) in [5.41, 5.74) is 2.26. The van der Waals surface area contributed by atoms with Crippen LogP contribution in [0.2, 0.25) is 0 Å². The molecule has 0 aromatic rings. The minimum Gasteiger partial charge on any atom is -0.461 e. The molecule has 0 spiro atoms. The number of rotatable bonds is 10. The van der Waals surface area contributed by atoms with Crippen molar-refractivity contribution in [1.29, 1.82) is 0 Å². The van der Waals surface area contributed by atoms with Gasteiger partial charge in [0.2, 0.25) is 0 Å². The van der Waals surface area contributed by atoms with E-state index in [1.807, 2.05) is 20.8 Å². The number of ether oxygens (including phenoxy) is 1. The molecule has 2 aliphatic carbocycles. The molecule has 2 rings (SSSR count). The fourth-order valence-corrected chi connectivity index (χ4v) is 6.98. The van der Waals surface area contributed by atoms with E-state index in [0.717, 1.165) is 31.3 Å². The van der Waals surface area contributed by atoms with Crippen molar-refractivity contribution >= 4 is 21.9 Å². The average Bonchev–Trinajstić information content (AvgIpc) is 3.08. The number of unbranched alkanes of at least 4 members (excludes halogenated alkanes) is 1. The second-order valence-corrected chi connectivity index (χ2v) is 12.3. The summed E-state index contributed by atoms with van der Waals surface area (Å²) in [4.78, 5) is 14.4. The van der Waals surface area contributed by atoms with Gasteiger partial charge in [-0.25, -0.2) is 0 Å². The third kappa shape index (κ3) is 6.50.